The lowest BCUT2D eigenvalue weighted by molar-refractivity contribution is -0.123. The first-order valence-electron chi connectivity index (χ1n) is 13.0. The Morgan fingerprint density at radius 3 is 2.71 bits per heavy atom. The molecule has 1 amide bonds. The minimum atomic E-state index is -3.70. The molecule has 12 heteroatoms. The SMILES string of the molecule is Cc1cc(C)c2nc(N(CCCN3CCOCC3)C(=O)C3CCCN(S(=O)(=O)c4ccc(Cl)s4)C3)sc2c1. The Balaban J connectivity index is 1.38. The lowest BCUT2D eigenvalue weighted by atomic mass is 9.98. The Morgan fingerprint density at radius 1 is 1.18 bits per heavy atom. The number of rotatable bonds is 8. The van der Waals surface area contributed by atoms with Crippen LogP contribution < -0.4 is 4.90 Å². The second kappa shape index (κ2) is 11.9. The van der Waals surface area contributed by atoms with E-state index in [2.05, 4.69) is 24.0 Å². The van der Waals surface area contributed by atoms with Gasteiger partial charge < -0.3 is 4.74 Å². The number of benzene rings is 1. The zero-order valence-electron chi connectivity index (χ0n) is 21.7. The van der Waals surface area contributed by atoms with E-state index in [1.165, 1.54) is 21.7 Å². The fraction of sp³-hybridized carbons (Fsp3) is 0.538. The quantitative estimate of drug-likeness (QED) is 0.372. The third-order valence-corrected chi connectivity index (χ3v) is 11.7. The molecule has 2 fully saturated rings. The number of morpholine rings is 1. The van der Waals surface area contributed by atoms with Crippen LogP contribution in [0.15, 0.2) is 28.5 Å². The number of carbonyl (C=O) groups excluding carboxylic acids is 1. The number of sulfonamides is 1. The fourth-order valence-electron chi connectivity index (χ4n) is 5.20. The van der Waals surface area contributed by atoms with Crippen LogP contribution in [-0.2, 0) is 19.6 Å². The highest BCUT2D eigenvalue weighted by molar-refractivity contribution is 7.91. The molecule has 1 atom stereocenters. The molecule has 8 nitrogen and oxygen atoms in total. The first kappa shape index (κ1) is 27.9. The number of carbonyl (C=O) groups is 1. The number of amides is 1. The van der Waals surface area contributed by atoms with Crippen LogP contribution in [0.1, 0.15) is 30.4 Å². The highest BCUT2D eigenvalue weighted by Crippen LogP contribution is 2.35. The summed E-state index contributed by atoms with van der Waals surface area (Å²) in [6, 6.07) is 7.36. The van der Waals surface area contributed by atoms with E-state index in [0.29, 0.717) is 35.4 Å². The molecule has 0 aliphatic carbocycles. The minimum Gasteiger partial charge on any atom is -0.379 e. The van der Waals surface area contributed by atoms with E-state index in [9.17, 15) is 13.2 Å². The molecule has 0 radical (unpaired) electrons. The van der Waals surface area contributed by atoms with Crippen LogP contribution in [0.25, 0.3) is 10.2 Å². The third-order valence-electron chi connectivity index (χ3n) is 7.15. The molecule has 5 rings (SSSR count). The molecule has 2 aliphatic rings. The molecule has 0 N–H and O–H groups in total. The summed E-state index contributed by atoms with van der Waals surface area (Å²) in [6.45, 7) is 9.36. The van der Waals surface area contributed by atoms with E-state index in [1.54, 1.807) is 6.07 Å². The van der Waals surface area contributed by atoms with Crippen LogP contribution in [0.5, 0.6) is 0 Å². The molecule has 1 unspecified atom stereocenters. The summed E-state index contributed by atoms with van der Waals surface area (Å²) in [7, 11) is -3.70. The Labute approximate surface area is 237 Å². The molecule has 0 bridgehead atoms. The van der Waals surface area contributed by atoms with Crippen molar-refractivity contribution < 1.29 is 17.9 Å². The van der Waals surface area contributed by atoms with Crippen molar-refractivity contribution in [2.45, 2.75) is 37.3 Å². The van der Waals surface area contributed by atoms with Gasteiger partial charge in [0.15, 0.2) is 5.13 Å². The van der Waals surface area contributed by atoms with Gasteiger partial charge in [0.25, 0.3) is 10.0 Å². The van der Waals surface area contributed by atoms with Crippen molar-refractivity contribution in [2.75, 3.05) is 57.4 Å². The summed E-state index contributed by atoms with van der Waals surface area (Å²) < 4.78 is 35.2. The fourth-order valence-corrected chi connectivity index (χ4v) is 9.53. The first-order valence-corrected chi connectivity index (χ1v) is 16.4. The zero-order chi connectivity index (χ0) is 26.9. The second-order valence-electron chi connectivity index (χ2n) is 9.98. The Hall–Kier alpha value is -1.60. The molecule has 1 aromatic carbocycles. The van der Waals surface area contributed by atoms with Gasteiger partial charge in [0.2, 0.25) is 5.91 Å². The number of hydrogen-bond acceptors (Lipinski definition) is 8. The van der Waals surface area contributed by atoms with E-state index in [1.807, 2.05) is 11.8 Å². The van der Waals surface area contributed by atoms with Gasteiger partial charge in [-0.05, 0) is 62.4 Å². The Bertz CT molecular complexity index is 1400. The van der Waals surface area contributed by atoms with Crippen molar-refractivity contribution >= 4 is 65.6 Å². The summed E-state index contributed by atoms with van der Waals surface area (Å²) in [5, 5.41) is 0.686. The van der Waals surface area contributed by atoms with E-state index >= 15 is 0 Å². The maximum Gasteiger partial charge on any atom is 0.252 e. The number of fused-ring (bicyclic) bond motifs is 1. The van der Waals surface area contributed by atoms with Gasteiger partial charge in [-0.2, -0.15) is 4.31 Å². The summed E-state index contributed by atoms with van der Waals surface area (Å²) in [5.74, 6) is -0.475. The monoisotopic (exact) mass is 596 g/mol. The number of thiophene rings is 1. The number of piperidine rings is 1. The molecule has 2 aliphatic heterocycles. The predicted octanol–water partition coefficient (Wildman–Crippen LogP) is 4.78. The maximum absolute atomic E-state index is 14.0. The van der Waals surface area contributed by atoms with Crippen molar-refractivity contribution in [1.82, 2.24) is 14.2 Å². The van der Waals surface area contributed by atoms with Gasteiger partial charge in [-0.1, -0.05) is 29.0 Å². The lowest BCUT2D eigenvalue weighted by Crippen LogP contribution is -2.47. The Kier molecular flexibility index (Phi) is 8.73. The summed E-state index contributed by atoms with van der Waals surface area (Å²) in [6.07, 6.45) is 2.09. The van der Waals surface area contributed by atoms with Gasteiger partial charge in [-0.15, -0.1) is 11.3 Å². The normalized spacial score (nSPS) is 19.7. The van der Waals surface area contributed by atoms with Crippen LogP contribution in [0.2, 0.25) is 4.34 Å². The molecule has 3 aromatic rings. The average Bonchev–Trinajstić information content (AvgIpc) is 3.54. The molecular weight excluding hydrogens is 564 g/mol. The molecule has 0 saturated carbocycles. The smallest absolute Gasteiger partial charge is 0.252 e. The topological polar surface area (TPSA) is 83.1 Å². The third kappa shape index (κ3) is 6.09. The van der Waals surface area contributed by atoms with Crippen LogP contribution in [-0.4, -0.2) is 81.0 Å². The van der Waals surface area contributed by atoms with E-state index in [4.69, 9.17) is 21.3 Å². The lowest BCUT2D eigenvalue weighted by Gasteiger charge is -2.34. The number of nitrogens with zero attached hydrogens (tertiary/aromatic N) is 4. The van der Waals surface area contributed by atoms with Gasteiger partial charge in [0.1, 0.15) is 4.21 Å². The van der Waals surface area contributed by atoms with Crippen LogP contribution in [0.4, 0.5) is 5.13 Å². The van der Waals surface area contributed by atoms with Gasteiger partial charge >= 0.3 is 0 Å². The van der Waals surface area contributed by atoms with E-state index in [-0.39, 0.29) is 16.7 Å². The maximum atomic E-state index is 14.0. The summed E-state index contributed by atoms with van der Waals surface area (Å²) in [5.41, 5.74) is 3.17. The summed E-state index contributed by atoms with van der Waals surface area (Å²) in [4.78, 5) is 23.1. The van der Waals surface area contributed by atoms with Crippen LogP contribution in [0, 0.1) is 19.8 Å². The van der Waals surface area contributed by atoms with Gasteiger partial charge in [-0.25, -0.2) is 13.4 Å². The number of aromatic nitrogens is 1. The van der Waals surface area contributed by atoms with Crippen molar-refractivity contribution in [2.24, 2.45) is 5.92 Å². The van der Waals surface area contributed by atoms with Gasteiger partial charge in [0, 0.05) is 39.3 Å². The largest absolute Gasteiger partial charge is 0.379 e. The standard InChI is InChI=1S/C26H33ClN4O4S3/c1-18-15-19(2)24-21(16-18)36-26(28-24)31(10-4-8-29-11-13-35-14-12-29)25(32)20-5-3-9-30(17-20)38(33,34)23-7-6-22(27)37-23/h6-7,15-16,20H,3-5,8-14,17H2,1-2H3. The Morgan fingerprint density at radius 2 is 1.97 bits per heavy atom. The van der Waals surface area contributed by atoms with E-state index in [0.717, 1.165) is 71.9 Å². The molecule has 0 spiro atoms. The minimum absolute atomic E-state index is 0.0514. The molecule has 4 heterocycles. The molecule has 2 aromatic heterocycles. The molecular formula is C26H33ClN4O4S3. The van der Waals surface area contributed by atoms with Gasteiger partial charge in [-0.3, -0.25) is 14.6 Å². The molecule has 206 valence electrons. The second-order valence-corrected chi connectivity index (χ2v) is 14.9. The number of anilines is 1. The van der Waals surface area contributed by atoms with Crippen molar-refractivity contribution in [3.63, 3.8) is 0 Å². The first-order chi connectivity index (χ1) is 18.2. The zero-order valence-corrected chi connectivity index (χ0v) is 24.9. The van der Waals surface area contributed by atoms with Crippen molar-refractivity contribution in [1.29, 1.82) is 0 Å². The number of halogens is 1. The number of hydrogen-bond donors (Lipinski definition) is 0. The van der Waals surface area contributed by atoms with E-state index < -0.39 is 15.9 Å². The number of aryl methyl sites for hydroxylation is 2. The number of ether oxygens (including phenoxy) is 1. The van der Waals surface area contributed by atoms with Crippen LogP contribution >= 0.6 is 34.3 Å². The van der Waals surface area contributed by atoms with Crippen molar-refractivity contribution in [3.8, 4) is 0 Å². The highest BCUT2D eigenvalue weighted by atomic mass is 35.5. The van der Waals surface area contributed by atoms with Crippen LogP contribution in [0.3, 0.4) is 0 Å². The van der Waals surface area contributed by atoms with Crippen molar-refractivity contribution in [3.05, 3.63) is 39.7 Å². The average molecular weight is 597 g/mol. The predicted molar refractivity (Wildman–Crippen MR) is 154 cm³/mol. The highest BCUT2D eigenvalue weighted by Gasteiger charge is 2.36. The summed E-state index contributed by atoms with van der Waals surface area (Å²) >= 11 is 8.59. The molecule has 2 saturated heterocycles. The number of thiazole rings is 1. The van der Waals surface area contributed by atoms with Gasteiger partial charge in [0.05, 0.1) is 33.7 Å². The molecule has 38 heavy (non-hydrogen) atoms.